The molecule has 2 heterocycles. The molecule has 1 saturated carbocycles. The van der Waals surface area contributed by atoms with Gasteiger partial charge >= 0.3 is 0 Å². The Morgan fingerprint density at radius 3 is 2.85 bits per heavy atom. The van der Waals surface area contributed by atoms with Gasteiger partial charge in [-0.15, -0.1) is 11.8 Å². The first-order valence-corrected chi connectivity index (χ1v) is 13.3. The van der Waals surface area contributed by atoms with E-state index in [1.807, 2.05) is 31.2 Å². The molecule has 2 aliphatic rings. The van der Waals surface area contributed by atoms with Crippen LogP contribution in [0.15, 0.2) is 63.5 Å². The molecular weight excluding hydrogens is 474 g/mol. The van der Waals surface area contributed by atoms with E-state index in [9.17, 15) is 9.59 Å². The van der Waals surface area contributed by atoms with Crippen molar-refractivity contribution in [3.63, 3.8) is 0 Å². The fourth-order valence-corrected chi connectivity index (χ4v) is 7.17. The van der Waals surface area contributed by atoms with E-state index < -0.39 is 0 Å². The van der Waals surface area contributed by atoms with E-state index in [2.05, 4.69) is 5.32 Å². The highest BCUT2D eigenvalue weighted by Crippen LogP contribution is 2.50. The monoisotopic (exact) mass is 497 g/mol. The minimum absolute atomic E-state index is 0.00486. The fourth-order valence-electron chi connectivity index (χ4n) is 4.60. The molecular formula is C25H24ClN3O2S2. The first-order valence-electron chi connectivity index (χ1n) is 11.1. The molecule has 33 heavy (non-hydrogen) atoms. The van der Waals surface area contributed by atoms with Crippen molar-refractivity contribution in [3.05, 3.63) is 75.0 Å². The number of carbonyl (C=O) groups excluding carboxylic acids is 1. The first kappa shape index (κ1) is 22.6. The third-order valence-corrected chi connectivity index (χ3v) is 8.66. The molecule has 2 atom stereocenters. The molecule has 1 N–H and O–H groups in total. The molecule has 0 saturated heterocycles. The predicted molar refractivity (Wildman–Crippen MR) is 136 cm³/mol. The second kappa shape index (κ2) is 9.57. The summed E-state index contributed by atoms with van der Waals surface area (Å²) in [6.45, 7) is 2.01. The quantitative estimate of drug-likeness (QED) is 0.264. The third-order valence-electron chi connectivity index (χ3n) is 6.09. The lowest BCUT2D eigenvalue weighted by Gasteiger charge is -2.24. The molecule has 5 nitrogen and oxygen atoms in total. The number of hydrogen-bond donors (Lipinski definition) is 1. The molecule has 2 aromatic carbocycles. The Kier molecular flexibility index (Phi) is 6.54. The number of halogens is 1. The Balaban J connectivity index is 1.48. The summed E-state index contributed by atoms with van der Waals surface area (Å²) in [5.74, 6) is 0.246. The Morgan fingerprint density at radius 2 is 2.03 bits per heavy atom. The van der Waals surface area contributed by atoms with Crippen molar-refractivity contribution in [2.45, 2.75) is 54.0 Å². The van der Waals surface area contributed by atoms with Gasteiger partial charge in [0, 0.05) is 21.9 Å². The van der Waals surface area contributed by atoms with Gasteiger partial charge in [-0.05, 0) is 55.7 Å². The predicted octanol–water partition coefficient (Wildman–Crippen LogP) is 6.06. The van der Waals surface area contributed by atoms with Gasteiger partial charge in [-0.1, -0.05) is 54.4 Å². The molecule has 1 fully saturated rings. The molecule has 1 aliphatic heterocycles. The van der Waals surface area contributed by atoms with Crippen LogP contribution in [0.5, 0.6) is 0 Å². The van der Waals surface area contributed by atoms with Crippen molar-refractivity contribution in [2.24, 2.45) is 0 Å². The Morgan fingerprint density at radius 1 is 1.21 bits per heavy atom. The zero-order valence-corrected chi connectivity index (χ0v) is 20.6. The van der Waals surface area contributed by atoms with Gasteiger partial charge in [-0.2, -0.15) is 0 Å². The van der Waals surface area contributed by atoms with E-state index in [-0.39, 0.29) is 23.1 Å². The summed E-state index contributed by atoms with van der Waals surface area (Å²) in [6.07, 6.45) is 4.54. The Labute approximate surface area is 206 Å². The van der Waals surface area contributed by atoms with E-state index in [0.717, 1.165) is 41.1 Å². The minimum atomic E-state index is -0.172. The number of benzene rings is 2. The van der Waals surface area contributed by atoms with Crippen molar-refractivity contribution in [1.82, 2.24) is 9.55 Å². The Hall–Kier alpha value is -2.22. The number of fused-ring (bicyclic) bond motifs is 3. The first-order chi connectivity index (χ1) is 16.0. The van der Waals surface area contributed by atoms with Crippen molar-refractivity contribution >= 4 is 46.7 Å². The topological polar surface area (TPSA) is 64.0 Å². The number of amides is 1. The summed E-state index contributed by atoms with van der Waals surface area (Å²) in [6, 6.07) is 14.9. The van der Waals surface area contributed by atoms with Crippen molar-refractivity contribution < 1.29 is 4.79 Å². The van der Waals surface area contributed by atoms with E-state index in [0.29, 0.717) is 21.1 Å². The maximum absolute atomic E-state index is 13.8. The number of carbonyl (C=O) groups is 1. The van der Waals surface area contributed by atoms with Crippen LogP contribution in [0.25, 0.3) is 5.69 Å². The van der Waals surface area contributed by atoms with Crippen LogP contribution in [0, 0.1) is 6.92 Å². The highest BCUT2D eigenvalue weighted by molar-refractivity contribution is 8.00. The molecule has 0 radical (unpaired) electrons. The molecule has 5 rings (SSSR count). The summed E-state index contributed by atoms with van der Waals surface area (Å²) in [4.78, 5) is 31.4. The molecule has 0 spiro atoms. The lowest BCUT2D eigenvalue weighted by Crippen LogP contribution is -2.29. The van der Waals surface area contributed by atoms with Crippen LogP contribution in [0.4, 0.5) is 5.69 Å². The molecule has 2 unspecified atom stereocenters. The summed E-state index contributed by atoms with van der Waals surface area (Å²) >= 11 is 9.05. The molecule has 1 aromatic heterocycles. The van der Waals surface area contributed by atoms with E-state index in [1.54, 1.807) is 40.6 Å². The standard InChI is InChI=1S/C25H24ClN3O2S2/c1-15-6-4-9-18(12-15)29-24(31)22-19-10-2-3-11-20(19)33-23(22)28-25(29)32-14-21(30)27-17-8-5-7-16(26)13-17/h4-9,12-13,19-20H,2-3,10-11,14H2,1H3,(H,27,30). The zero-order chi connectivity index (χ0) is 22.9. The van der Waals surface area contributed by atoms with Crippen molar-refractivity contribution in [2.75, 3.05) is 11.1 Å². The van der Waals surface area contributed by atoms with Crippen LogP contribution in [0.1, 0.15) is 42.7 Å². The number of anilines is 1. The molecule has 0 bridgehead atoms. The van der Waals surface area contributed by atoms with E-state index in [4.69, 9.17) is 16.6 Å². The van der Waals surface area contributed by atoms with Crippen LogP contribution in [-0.2, 0) is 4.79 Å². The number of nitrogens with zero attached hydrogens (tertiary/aromatic N) is 2. The average molecular weight is 498 g/mol. The number of rotatable bonds is 5. The molecule has 1 aliphatic carbocycles. The van der Waals surface area contributed by atoms with Crippen LogP contribution in [0.2, 0.25) is 5.02 Å². The number of thioether (sulfide) groups is 2. The summed E-state index contributed by atoms with van der Waals surface area (Å²) in [5.41, 5.74) is 3.37. The van der Waals surface area contributed by atoms with Gasteiger partial charge in [0.05, 0.1) is 17.0 Å². The minimum Gasteiger partial charge on any atom is -0.325 e. The maximum Gasteiger partial charge on any atom is 0.263 e. The van der Waals surface area contributed by atoms with Crippen LogP contribution < -0.4 is 10.9 Å². The van der Waals surface area contributed by atoms with Crippen LogP contribution in [0.3, 0.4) is 0 Å². The maximum atomic E-state index is 13.8. The van der Waals surface area contributed by atoms with Gasteiger partial charge in [0.2, 0.25) is 5.91 Å². The largest absolute Gasteiger partial charge is 0.325 e. The van der Waals surface area contributed by atoms with E-state index in [1.165, 1.54) is 18.2 Å². The average Bonchev–Trinajstić information content (AvgIpc) is 3.16. The molecule has 170 valence electrons. The molecule has 1 amide bonds. The SMILES string of the molecule is Cc1cccc(-n2c(SCC(=O)Nc3cccc(Cl)c3)nc3c(c2=O)C2CCCCC2S3)c1. The van der Waals surface area contributed by atoms with Gasteiger partial charge in [-0.25, -0.2) is 4.98 Å². The van der Waals surface area contributed by atoms with Crippen LogP contribution >= 0.6 is 35.1 Å². The summed E-state index contributed by atoms with van der Waals surface area (Å²) < 4.78 is 1.70. The second-order valence-corrected chi connectivity index (χ2v) is 11.1. The van der Waals surface area contributed by atoms with Gasteiger partial charge in [0.15, 0.2) is 5.16 Å². The number of aromatic nitrogens is 2. The van der Waals surface area contributed by atoms with Gasteiger partial charge in [-0.3, -0.25) is 14.2 Å². The highest BCUT2D eigenvalue weighted by Gasteiger charge is 2.39. The molecule has 8 heteroatoms. The van der Waals surface area contributed by atoms with Gasteiger partial charge in [0.25, 0.3) is 5.56 Å². The van der Waals surface area contributed by atoms with Crippen molar-refractivity contribution in [3.8, 4) is 5.69 Å². The summed E-state index contributed by atoms with van der Waals surface area (Å²) in [7, 11) is 0. The fraction of sp³-hybridized carbons (Fsp3) is 0.320. The smallest absolute Gasteiger partial charge is 0.263 e. The number of hydrogen-bond acceptors (Lipinski definition) is 5. The number of aryl methyl sites for hydroxylation is 1. The van der Waals surface area contributed by atoms with E-state index >= 15 is 0 Å². The second-order valence-electron chi connectivity index (χ2n) is 8.49. The van der Waals surface area contributed by atoms with Crippen molar-refractivity contribution in [1.29, 1.82) is 0 Å². The Bertz CT molecular complexity index is 1280. The third kappa shape index (κ3) is 4.72. The lowest BCUT2D eigenvalue weighted by atomic mass is 9.85. The number of nitrogens with one attached hydrogen (secondary N) is 1. The van der Waals surface area contributed by atoms with Gasteiger partial charge in [0.1, 0.15) is 5.03 Å². The zero-order valence-electron chi connectivity index (χ0n) is 18.2. The molecule has 3 aromatic rings. The normalized spacial score (nSPS) is 19.1. The summed E-state index contributed by atoms with van der Waals surface area (Å²) in [5, 5.41) is 5.26. The lowest BCUT2D eigenvalue weighted by molar-refractivity contribution is -0.113. The van der Waals surface area contributed by atoms with Gasteiger partial charge < -0.3 is 5.32 Å². The highest BCUT2D eigenvalue weighted by atomic mass is 35.5. The van der Waals surface area contributed by atoms with Crippen LogP contribution in [-0.4, -0.2) is 26.5 Å².